The maximum atomic E-state index is 5.24. The van der Waals surface area contributed by atoms with Crippen LogP contribution in [-0.4, -0.2) is 53.4 Å². The molecule has 16 heavy (non-hydrogen) atoms. The Hall–Kier alpha value is -1.12. The van der Waals surface area contributed by atoms with E-state index in [0.717, 1.165) is 12.3 Å². The minimum atomic E-state index is 0.260. The van der Waals surface area contributed by atoms with Crippen LogP contribution in [0.2, 0.25) is 0 Å². The maximum absolute atomic E-state index is 5.24. The van der Waals surface area contributed by atoms with Crippen LogP contribution in [0.1, 0.15) is 0 Å². The van der Waals surface area contributed by atoms with Gasteiger partial charge in [-0.15, -0.1) is 0 Å². The van der Waals surface area contributed by atoms with Crippen molar-refractivity contribution >= 4 is 17.7 Å². The Bertz CT molecular complexity index is 312. The Labute approximate surface area is 98.8 Å². The molecule has 0 aliphatic heterocycles. The Morgan fingerprint density at radius 3 is 2.69 bits per heavy atom. The molecular formula is C8H16N6OS. The first-order valence-corrected chi connectivity index (χ1v) is 5.68. The summed E-state index contributed by atoms with van der Waals surface area (Å²) in [6.45, 7) is 0.948. The van der Waals surface area contributed by atoms with Crippen LogP contribution >= 0.6 is 11.8 Å². The molecule has 0 unspecified atom stereocenters. The third-order valence-electron chi connectivity index (χ3n) is 1.68. The van der Waals surface area contributed by atoms with Crippen molar-refractivity contribution in [1.29, 1.82) is 0 Å². The molecule has 1 aromatic heterocycles. The molecule has 0 radical (unpaired) electrons. The average molecular weight is 244 g/mol. The second-order valence-electron chi connectivity index (χ2n) is 3.22. The molecule has 0 spiro atoms. The Morgan fingerprint density at radius 1 is 1.38 bits per heavy atom. The Kier molecular flexibility index (Phi) is 5.23. The summed E-state index contributed by atoms with van der Waals surface area (Å²) in [6.07, 6.45) is 0. The fourth-order valence-electron chi connectivity index (χ4n) is 0.878. The molecule has 0 amide bonds. The molecule has 0 bridgehead atoms. The van der Waals surface area contributed by atoms with E-state index in [9.17, 15) is 0 Å². The predicted molar refractivity (Wildman–Crippen MR) is 63.5 cm³/mol. The first-order chi connectivity index (χ1) is 7.65. The number of nitrogens with zero attached hydrogens (tertiary/aromatic N) is 4. The molecule has 0 fully saturated rings. The van der Waals surface area contributed by atoms with Crippen LogP contribution in [0.3, 0.4) is 0 Å². The summed E-state index contributed by atoms with van der Waals surface area (Å²) in [5.41, 5.74) is 2.38. The Balaban J connectivity index is 2.64. The predicted octanol–water partition coefficient (Wildman–Crippen LogP) is -0.180. The van der Waals surface area contributed by atoms with Gasteiger partial charge >= 0.3 is 6.01 Å². The number of hydrazine groups is 1. The molecule has 1 rings (SSSR count). The number of rotatable bonds is 6. The van der Waals surface area contributed by atoms with E-state index in [-0.39, 0.29) is 6.01 Å². The van der Waals surface area contributed by atoms with Crippen molar-refractivity contribution in [3.05, 3.63) is 0 Å². The van der Waals surface area contributed by atoms with Gasteiger partial charge in [-0.25, -0.2) is 5.84 Å². The van der Waals surface area contributed by atoms with Crippen molar-refractivity contribution in [2.75, 3.05) is 38.9 Å². The van der Waals surface area contributed by atoms with Crippen LogP contribution in [0.25, 0.3) is 0 Å². The molecular weight excluding hydrogens is 228 g/mol. The number of aromatic nitrogens is 3. The zero-order valence-corrected chi connectivity index (χ0v) is 10.4. The van der Waals surface area contributed by atoms with Gasteiger partial charge in [0.15, 0.2) is 5.16 Å². The van der Waals surface area contributed by atoms with Gasteiger partial charge in [-0.1, -0.05) is 11.8 Å². The minimum Gasteiger partial charge on any atom is -0.467 e. The lowest BCUT2D eigenvalue weighted by Crippen LogP contribution is -2.15. The highest BCUT2D eigenvalue weighted by Crippen LogP contribution is 2.16. The molecule has 0 saturated carbocycles. The number of hydrogen-bond donors (Lipinski definition) is 2. The van der Waals surface area contributed by atoms with Crippen LogP contribution in [-0.2, 0) is 0 Å². The quantitative estimate of drug-likeness (QED) is 0.405. The molecule has 0 saturated heterocycles. The summed E-state index contributed by atoms with van der Waals surface area (Å²) in [4.78, 5) is 14.2. The van der Waals surface area contributed by atoms with Gasteiger partial charge in [0, 0.05) is 12.3 Å². The van der Waals surface area contributed by atoms with Crippen molar-refractivity contribution in [2.45, 2.75) is 5.16 Å². The van der Waals surface area contributed by atoms with Crippen molar-refractivity contribution < 1.29 is 4.74 Å². The average Bonchev–Trinajstić information content (AvgIpc) is 2.28. The van der Waals surface area contributed by atoms with Gasteiger partial charge in [0.25, 0.3) is 0 Å². The van der Waals surface area contributed by atoms with Crippen molar-refractivity contribution in [2.24, 2.45) is 5.84 Å². The number of ether oxygens (including phenoxy) is 1. The number of anilines is 1. The van der Waals surface area contributed by atoms with E-state index < -0.39 is 0 Å². The van der Waals surface area contributed by atoms with E-state index in [1.807, 2.05) is 14.1 Å². The molecule has 1 aromatic rings. The van der Waals surface area contributed by atoms with Crippen molar-refractivity contribution in [3.63, 3.8) is 0 Å². The molecule has 8 heteroatoms. The zero-order valence-electron chi connectivity index (χ0n) is 9.60. The summed E-state index contributed by atoms with van der Waals surface area (Å²) < 4.78 is 4.94. The van der Waals surface area contributed by atoms with Gasteiger partial charge < -0.3 is 9.64 Å². The van der Waals surface area contributed by atoms with E-state index in [2.05, 4.69) is 25.3 Å². The fourth-order valence-corrected chi connectivity index (χ4v) is 1.81. The molecule has 3 N–H and O–H groups in total. The number of nitrogens with two attached hydrogens (primary N) is 1. The lowest BCUT2D eigenvalue weighted by molar-refractivity contribution is 0.373. The molecule has 90 valence electrons. The van der Waals surface area contributed by atoms with Gasteiger partial charge in [0.2, 0.25) is 5.95 Å². The number of methoxy groups -OCH3 is 1. The van der Waals surface area contributed by atoms with Gasteiger partial charge in [-0.2, -0.15) is 15.0 Å². The van der Waals surface area contributed by atoms with E-state index in [1.54, 1.807) is 0 Å². The minimum absolute atomic E-state index is 0.260. The van der Waals surface area contributed by atoms with Crippen LogP contribution in [0.4, 0.5) is 5.95 Å². The summed E-state index contributed by atoms with van der Waals surface area (Å²) in [5, 5.41) is 0.599. The number of nitrogen functional groups attached to an aromatic ring is 1. The third kappa shape index (κ3) is 4.17. The van der Waals surface area contributed by atoms with Gasteiger partial charge in [0.1, 0.15) is 0 Å². The molecule has 0 aliphatic rings. The van der Waals surface area contributed by atoms with Crippen LogP contribution in [0, 0.1) is 0 Å². The highest BCUT2D eigenvalue weighted by molar-refractivity contribution is 7.99. The molecule has 7 nitrogen and oxygen atoms in total. The van der Waals surface area contributed by atoms with Gasteiger partial charge in [-0.3, -0.25) is 5.43 Å². The van der Waals surface area contributed by atoms with E-state index in [0.29, 0.717) is 11.1 Å². The van der Waals surface area contributed by atoms with Crippen LogP contribution < -0.4 is 16.0 Å². The number of hydrogen-bond acceptors (Lipinski definition) is 8. The zero-order chi connectivity index (χ0) is 12.0. The monoisotopic (exact) mass is 244 g/mol. The number of nitrogens with one attached hydrogen (secondary N) is 1. The van der Waals surface area contributed by atoms with Gasteiger partial charge in [0.05, 0.1) is 7.11 Å². The van der Waals surface area contributed by atoms with Crippen LogP contribution in [0.15, 0.2) is 5.16 Å². The number of thioether (sulfide) groups is 1. The first-order valence-electron chi connectivity index (χ1n) is 4.70. The molecule has 0 aromatic carbocycles. The van der Waals surface area contributed by atoms with Crippen molar-refractivity contribution in [1.82, 2.24) is 19.9 Å². The normalized spacial score (nSPS) is 10.6. The topological polar surface area (TPSA) is 89.2 Å². The SMILES string of the molecule is COc1nc(NN)nc(SCCN(C)C)n1. The maximum Gasteiger partial charge on any atom is 0.321 e. The smallest absolute Gasteiger partial charge is 0.321 e. The molecule has 0 aliphatic carbocycles. The molecule has 1 heterocycles. The van der Waals surface area contributed by atoms with E-state index >= 15 is 0 Å². The van der Waals surface area contributed by atoms with E-state index in [4.69, 9.17) is 10.6 Å². The third-order valence-corrected chi connectivity index (χ3v) is 2.50. The lowest BCUT2D eigenvalue weighted by atomic mass is 10.7. The standard InChI is InChI=1S/C8H16N6OS/c1-14(2)4-5-16-8-11-6(13-9)10-7(12-8)15-3/h4-5,9H2,1-3H3,(H,10,11,12,13). The highest BCUT2D eigenvalue weighted by atomic mass is 32.2. The second-order valence-corrected chi connectivity index (χ2v) is 4.29. The van der Waals surface area contributed by atoms with Crippen molar-refractivity contribution in [3.8, 4) is 6.01 Å². The lowest BCUT2D eigenvalue weighted by Gasteiger charge is -2.08. The fraction of sp³-hybridized carbons (Fsp3) is 0.625. The summed E-state index contributed by atoms with van der Waals surface area (Å²) in [5.74, 6) is 6.44. The van der Waals surface area contributed by atoms with E-state index in [1.165, 1.54) is 18.9 Å². The summed E-state index contributed by atoms with van der Waals surface area (Å²) >= 11 is 1.53. The first kappa shape index (κ1) is 12.9. The second kappa shape index (κ2) is 6.46. The van der Waals surface area contributed by atoms with Gasteiger partial charge in [-0.05, 0) is 14.1 Å². The highest BCUT2D eigenvalue weighted by Gasteiger charge is 2.06. The summed E-state index contributed by atoms with van der Waals surface area (Å²) in [6, 6.07) is 0.260. The Morgan fingerprint density at radius 2 is 2.12 bits per heavy atom. The molecule has 0 atom stereocenters. The van der Waals surface area contributed by atoms with Crippen LogP contribution in [0.5, 0.6) is 6.01 Å². The summed E-state index contributed by atoms with van der Waals surface area (Å²) in [7, 11) is 5.53. The largest absolute Gasteiger partial charge is 0.467 e.